The third-order valence-electron chi connectivity index (χ3n) is 2.73. The molecule has 5 heteroatoms. The fourth-order valence-corrected chi connectivity index (χ4v) is 2.25. The van der Waals surface area contributed by atoms with Gasteiger partial charge >= 0.3 is 0 Å². The van der Waals surface area contributed by atoms with E-state index in [1.807, 2.05) is 19.1 Å². The third-order valence-corrected chi connectivity index (χ3v) is 3.35. The van der Waals surface area contributed by atoms with Gasteiger partial charge in [0.2, 0.25) is 0 Å². The predicted octanol–water partition coefficient (Wildman–Crippen LogP) is 2.99. The molecule has 0 aliphatic heterocycles. The van der Waals surface area contributed by atoms with Gasteiger partial charge in [-0.25, -0.2) is 0 Å². The van der Waals surface area contributed by atoms with Crippen LogP contribution in [0.5, 0.6) is 5.75 Å². The number of methoxy groups -OCH3 is 1. The van der Waals surface area contributed by atoms with Crippen molar-refractivity contribution in [1.82, 2.24) is 5.32 Å². The number of hydrogen-bond donors (Lipinski definition) is 1. The molecule has 0 amide bonds. The average molecular weight is 346 g/mol. The lowest BCUT2D eigenvalue weighted by molar-refractivity contribution is 0.130. The Balaban J connectivity index is 2.45. The Bertz CT molecular complexity index is 374. The van der Waals surface area contributed by atoms with Crippen LogP contribution in [0.4, 0.5) is 0 Å². The highest BCUT2D eigenvalue weighted by Gasteiger charge is 2.07. The van der Waals surface area contributed by atoms with Gasteiger partial charge in [-0.15, -0.1) is 0 Å². The smallest absolute Gasteiger partial charge is 0.137 e. The molecule has 0 aliphatic rings. The van der Waals surface area contributed by atoms with Crippen LogP contribution in [0.3, 0.4) is 0 Å². The number of hydrogen-bond acceptors (Lipinski definition) is 4. The van der Waals surface area contributed by atoms with Crippen LogP contribution in [-0.2, 0) is 16.0 Å². The Morgan fingerprint density at radius 3 is 2.80 bits per heavy atom. The van der Waals surface area contributed by atoms with Crippen molar-refractivity contribution in [2.24, 2.45) is 0 Å². The van der Waals surface area contributed by atoms with Gasteiger partial charge in [0.25, 0.3) is 0 Å². The predicted molar refractivity (Wildman–Crippen MR) is 84.3 cm³/mol. The second-order valence-electron chi connectivity index (χ2n) is 4.30. The summed E-state index contributed by atoms with van der Waals surface area (Å²) in [6, 6.07) is 6.09. The van der Waals surface area contributed by atoms with Crippen molar-refractivity contribution in [2.45, 2.75) is 19.9 Å². The molecule has 0 aromatic heterocycles. The summed E-state index contributed by atoms with van der Waals surface area (Å²) in [4.78, 5) is 0. The summed E-state index contributed by atoms with van der Waals surface area (Å²) in [5.74, 6) is 0.911. The first-order valence-electron chi connectivity index (χ1n) is 6.97. The molecule has 20 heavy (non-hydrogen) atoms. The molecule has 0 atom stereocenters. The second kappa shape index (κ2) is 11.1. The summed E-state index contributed by atoms with van der Waals surface area (Å²) in [6.45, 7) is 6.45. The van der Waals surface area contributed by atoms with Gasteiger partial charge in [-0.05, 0) is 28.9 Å². The Labute approximate surface area is 129 Å². The van der Waals surface area contributed by atoms with E-state index < -0.39 is 0 Å². The maximum atomic E-state index is 5.87. The average Bonchev–Trinajstić information content (AvgIpc) is 2.45. The van der Waals surface area contributed by atoms with E-state index in [1.54, 1.807) is 7.11 Å². The summed E-state index contributed by atoms with van der Waals surface area (Å²) in [5.41, 5.74) is 1.15. The van der Waals surface area contributed by atoms with Gasteiger partial charge in [0, 0.05) is 45.4 Å². The number of para-hydroxylation sites is 1. The molecule has 114 valence electrons. The molecule has 4 nitrogen and oxygen atoms in total. The quantitative estimate of drug-likeness (QED) is 0.626. The molecule has 0 heterocycles. The molecule has 0 saturated carbocycles. The van der Waals surface area contributed by atoms with E-state index in [-0.39, 0.29) is 0 Å². The van der Waals surface area contributed by atoms with Crippen LogP contribution in [0.25, 0.3) is 0 Å². The second-order valence-corrected chi connectivity index (χ2v) is 5.15. The number of ether oxygens (including phenoxy) is 3. The maximum Gasteiger partial charge on any atom is 0.137 e. The largest absolute Gasteiger partial charge is 0.492 e. The molecule has 0 unspecified atom stereocenters. The highest BCUT2D eigenvalue weighted by Crippen LogP contribution is 2.29. The lowest BCUT2D eigenvalue weighted by Gasteiger charge is -2.14. The van der Waals surface area contributed by atoms with Gasteiger partial charge in [0.15, 0.2) is 0 Å². The molecule has 0 saturated heterocycles. The van der Waals surface area contributed by atoms with Crippen molar-refractivity contribution in [2.75, 3.05) is 40.1 Å². The molecule has 1 aromatic rings. The van der Waals surface area contributed by atoms with Gasteiger partial charge in [-0.1, -0.05) is 12.1 Å². The molecule has 0 radical (unpaired) electrons. The highest BCUT2D eigenvalue weighted by atomic mass is 79.9. The summed E-state index contributed by atoms with van der Waals surface area (Å²) < 4.78 is 17.2. The Morgan fingerprint density at radius 2 is 2.05 bits per heavy atom. The van der Waals surface area contributed by atoms with E-state index >= 15 is 0 Å². The zero-order valence-electron chi connectivity index (χ0n) is 12.3. The molecule has 1 aromatic carbocycles. The zero-order valence-corrected chi connectivity index (χ0v) is 13.9. The van der Waals surface area contributed by atoms with E-state index in [4.69, 9.17) is 14.2 Å². The van der Waals surface area contributed by atoms with Crippen LogP contribution in [-0.4, -0.2) is 40.1 Å². The number of halogens is 1. The van der Waals surface area contributed by atoms with E-state index in [0.29, 0.717) is 13.2 Å². The summed E-state index contributed by atoms with van der Waals surface area (Å²) in [5, 5.41) is 3.33. The molecule has 0 spiro atoms. The number of benzene rings is 1. The monoisotopic (exact) mass is 345 g/mol. The summed E-state index contributed by atoms with van der Waals surface area (Å²) in [7, 11) is 1.70. The van der Waals surface area contributed by atoms with E-state index in [2.05, 4.69) is 27.3 Å². The van der Waals surface area contributed by atoms with Crippen LogP contribution >= 0.6 is 15.9 Å². The van der Waals surface area contributed by atoms with Crippen molar-refractivity contribution in [3.8, 4) is 5.75 Å². The van der Waals surface area contributed by atoms with Crippen LogP contribution in [0.15, 0.2) is 22.7 Å². The molecule has 1 rings (SSSR count). The Morgan fingerprint density at radius 1 is 1.20 bits per heavy atom. The van der Waals surface area contributed by atoms with Crippen molar-refractivity contribution in [1.29, 1.82) is 0 Å². The van der Waals surface area contributed by atoms with Gasteiger partial charge in [-0.2, -0.15) is 0 Å². The standard InChI is InChI=1S/C15H24BrNO3/c1-3-19-9-5-10-20-15-13(6-4-7-14(15)16)12-17-8-11-18-2/h4,6-7,17H,3,5,8-12H2,1-2H3. The van der Waals surface area contributed by atoms with Crippen molar-refractivity contribution in [3.63, 3.8) is 0 Å². The molecule has 1 N–H and O–H groups in total. The number of nitrogens with one attached hydrogen (secondary N) is 1. The van der Waals surface area contributed by atoms with Crippen LogP contribution < -0.4 is 10.1 Å². The van der Waals surface area contributed by atoms with E-state index in [0.717, 1.165) is 48.5 Å². The lowest BCUT2D eigenvalue weighted by atomic mass is 10.2. The first kappa shape index (κ1) is 17.4. The molecule has 0 bridgehead atoms. The Hall–Kier alpha value is -0.620. The van der Waals surface area contributed by atoms with E-state index in [9.17, 15) is 0 Å². The SMILES string of the molecule is CCOCCCOc1c(Br)cccc1CNCCOC. The number of rotatable bonds is 11. The third kappa shape index (κ3) is 6.70. The molecular formula is C15H24BrNO3. The van der Waals surface area contributed by atoms with Crippen LogP contribution in [0, 0.1) is 0 Å². The van der Waals surface area contributed by atoms with Crippen molar-refractivity contribution < 1.29 is 14.2 Å². The minimum Gasteiger partial charge on any atom is -0.492 e. The van der Waals surface area contributed by atoms with Crippen molar-refractivity contribution in [3.05, 3.63) is 28.2 Å². The minimum absolute atomic E-state index is 0.660. The maximum absolute atomic E-state index is 5.87. The first-order valence-corrected chi connectivity index (χ1v) is 7.76. The van der Waals surface area contributed by atoms with Gasteiger partial charge in [-0.3, -0.25) is 0 Å². The van der Waals surface area contributed by atoms with E-state index in [1.165, 1.54) is 0 Å². The molecular weight excluding hydrogens is 322 g/mol. The minimum atomic E-state index is 0.660. The topological polar surface area (TPSA) is 39.7 Å². The first-order chi connectivity index (χ1) is 9.79. The fraction of sp³-hybridized carbons (Fsp3) is 0.600. The molecule has 0 aliphatic carbocycles. The fourth-order valence-electron chi connectivity index (χ4n) is 1.73. The lowest BCUT2D eigenvalue weighted by Crippen LogP contribution is -2.19. The van der Waals surface area contributed by atoms with Crippen molar-refractivity contribution >= 4 is 15.9 Å². The summed E-state index contributed by atoms with van der Waals surface area (Å²) >= 11 is 3.54. The van der Waals surface area contributed by atoms with Crippen LogP contribution in [0.2, 0.25) is 0 Å². The van der Waals surface area contributed by atoms with Crippen LogP contribution in [0.1, 0.15) is 18.9 Å². The normalized spacial score (nSPS) is 10.8. The molecule has 0 fully saturated rings. The highest BCUT2D eigenvalue weighted by molar-refractivity contribution is 9.10. The summed E-state index contributed by atoms with van der Waals surface area (Å²) in [6.07, 6.45) is 0.895. The van der Waals surface area contributed by atoms with Gasteiger partial charge < -0.3 is 19.5 Å². The van der Waals surface area contributed by atoms with Gasteiger partial charge in [0.1, 0.15) is 5.75 Å². The van der Waals surface area contributed by atoms with Gasteiger partial charge in [0.05, 0.1) is 17.7 Å². The Kier molecular flexibility index (Phi) is 9.66. The zero-order chi connectivity index (χ0) is 14.6.